The predicted molar refractivity (Wildman–Crippen MR) is 35.5 cm³/mol. The summed E-state index contributed by atoms with van der Waals surface area (Å²) < 4.78 is 4.47. The zero-order valence-electron chi connectivity index (χ0n) is 7.21. The van der Waals surface area contributed by atoms with E-state index in [1.807, 2.05) is 0 Å². The number of hydrogen-bond acceptors (Lipinski definition) is 4. The molecule has 0 amide bonds. The van der Waals surface area contributed by atoms with Crippen LogP contribution in [-0.2, 0) is 9.53 Å². The Kier molecular flexibility index (Phi) is 4.40. The first-order valence-electron chi connectivity index (χ1n) is 3.23. The molecule has 0 aliphatic carbocycles. The summed E-state index contributed by atoms with van der Waals surface area (Å²) in [6.45, 7) is 0.486. The van der Waals surface area contributed by atoms with Crippen LogP contribution in [0.2, 0.25) is 0 Å². The maximum Gasteiger partial charge on any atom is 1.00 e. The molecule has 0 aromatic heterocycles. The van der Waals surface area contributed by atoms with Crippen LogP contribution in [0, 0.1) is 0 Å². The molecule has 1 aliphatic heterocycles. The number of halogens is 1. The van der Waals surface area contributed by atoms with Crippen molar-refractivity contribution in [2.45, 2.75) is 18.6 Å². The minimum absolute atomic E-state index is 0. The van der Waals surface area contributed by atoms with E-state index in [2.05, 4.69) is 10.1 Å². The summed E-state index contributed by atoms with van der Waals surface area (Å²) in [7, 11) is 1.34. The molecule has 1 saturated heterocycles. The van der Waals surface area contributed by atoms with Crippen LogP contribution in [0.3, 0.4) is 0 Å². The summed E-state index contributed by atoms with van der Waals surface area (Å²) in [6, 6.07) is -0.306. The average molecular weight is 182 g/mol. The molecule has 1 fully saturated rings. The van der Waals surface area contributed by atoms with Crippen LogP contribution in [-0.4, -0.2) is 36.9 Å². The molecule has 2 atom stereocenters. The van der Waals surface area contributed by atoms with Crippen LogP contribution in [0.25, 0.3) is 0 Å². The van der Waals surface area contributed by atoms with Crippen LogP contribution in [0.15, 0.2) is 0 Å². The van der Waals surface area contributed by atoms with Gasteiger partial charge in [-0.25, -0.2) is 0 Å². The van der Waals surface area contributed by atoms with Crippen molar-refractivity contribution < 1.29 is 28.5 Å². The number of aliphatic hydroxyl groups is 1. The molecule has 66 valence electrons. The van der Waals surface area contributed by atoms with E-state index in [9.17, 15) is 4.79 Å². The fourth-order valence-corrected chi connectivity index (χ4v) is 1.04. The second-order valence-corrected chi connectivity index (χ2v) is 2.37. The van der Waals surface area contributed by atoms with Gasteiger partial charge in [0.2, 0.25) is 0 Å². The molecule has 11 heavy (non-hydrogen) atoms. The Morgan fingerprint density at radius 1 is 1.82 bits per heavy atom. The highest BCUT2D eigenvalue weighted by Crippen LogP contribution is 2.06. The van der Waals surface area contributed by atoms with Crippen molar-refractivity contribution in [1.29, 1.82) is 0 Å². The third-order valence-electron chi connectivity index (χ3n) is 1.59. The van der Waals surface area contributed by atoms with Gasteiger partial charge in [0.05, 0.1) is 13.2 Å². The van der Waals surface area contributed by atoms with Crippen molar-refractivity contribution in [3.8, 4) is 0 Å². The Labute approximate surface area is 72.8 Å². The van der Waals surface area contributed by atoms with Gasteiger partial charge in [-0.2, -0.15) is 0 Å². The smallest absolute Gasteiger partial charge is 1.00 e. The molecule has 0 bridgehead atoms. The fraction of sp³-hybridized carbons (Fsp3) is 0.833. The Bertz CT molecular complexity index is 147. The highest BCUT2D eigenvalue weighted by atomic mass is 35.5. The van der Waals surface area contributed by atoms with Gasteiger partial charge < -0.3 is 27.6 Å². The average Bonchev–Trinajstić information content (AvgIpc) is 2.34. The summed E-state index contributed by atoms with van der Waals surface area (Å²) in [4.78, 5) is 10.8. The topological polar surface area (TPSA) is 58.6 Å². The van der Waals surface area contributed by atoms with Crippen molar-refractivity contribution in [3.05, 3.63) is 0 Å². The molecule has 1 rings (SSSR count). The number of carbonyl (C=O) groups is 1. The molecule has 1 aliphatic rings. The van der Waals surface area contributed by atoms with Gasteiger partial charge in [-0.3, -0.25) is 4.79 Å². The van der Waals surface area contributed by atoms with Gasteiger partial charge in [-0.05, 0) is 0 Å². The highest BCUT2D eigenvalue weighted by molar-refractivity contribution is 5.76. The quantitative estimate of drug-likeness (QED) is 0.405. The number of β-amino-alcohol motifs (C(OH)–C–C–N with tert-alkyl or cyclic N) is 1. The van der Waals surface area contributed by atoms with E-state index in [1.165, 1.54) is 7.11 Å². The Balaban J connectivity index is 0. The maximum absolute atomic E-state index is 10.8. The molecule has 2 unspecified atom stereocenters. The van der Waals surface area contributed by atoms with E-state index in [0.29, 0.717) is 13.0 Å². The zero-order valence-corrected chi connectivity index (χ0v) is 6.97. The molecule has 4 nitrogen and oxygen atoms in total. The number of carbonyl (C=O) groups excluding carboxylic acids is 1. The molecule has 5 heteroatoms. The Morgan fingerprint density at radius 2 is 2.45 bits per heavy atom. The van der Waals surface area contributed by atoms with Gasteiger partial charge in [0.25, 0.3) is 0 Å². The van der Waals surface area contributed by atoms with Crippen LogP contribution >= 0.6 is 0 Å². The molecular formula is C6H12ClNO3. The van der Waals surface area contributed by atoms with Gasteiger partial charge in [0.1, 0.15) is 6.04 Å². The maximum atomic E-state index is 10.8. The SMILES string of the molecule is COC(=O)C1CC(O)CN1.[Cl-].[H+]. The molecule has 2 N–H and O–H groups in total. The largest absolute Gasteiger partial charge is 1.00 e. The summed E-state index contributed by atoms with van der Waals surface area (Å²) in [5.74, 6) is -0.295. The van der Waals surface area contributed by atoms with Crippen molar-refractivity contribution in [3.63, 3.8) is 0 Å². The number of hydrogen-bond donors (Lipinski definition) is 2. The lowest BCUT2D eigenvalue weighted by Crippen LogP contribution is -3.00. The van der Waals surface area contributed by atoms with Gasteiger partial charge in [-0.1, -0.05) is 0 Å². The van der Waals surface area contributed by atoms with Crippen molar-refractivity contribution in [2.75, 3.05) is 13.7 Å². The van der Waals surface area contributed by atoms with Gasteiger partial charge in [-0.15, -0.1) is 0 Å². The summed E-state index contributed by atoms with van der Waals surface area (Å²) in [5.41, 5.74) is 0. The van der Waals surface area contributed by atoms with E-state index in [-0.39, 0.29) is 25.8 Å². The van der Waals surface area contributed by atoms with Gasteiger partial charge in [0, 0.05) is 13.0 Å². The van der Waals surface area contributed by atoms with E-state index in [4.69, 9.17) is 5.11 Å². The minimum atomic E-state index is -0.399. The monoisotopic (exact) mass is 181 g/mol. The van der Waals surface area contributed by atoms with E-state index < -0.39 is 6.10 Å². The van der Waals surface area contributed by atoms with Crippen LogP contribution in [0.1, 0.15) is 7.85 Å². The number of rotatable bonds is 1. The lowest BCUT2D eigenvalue weighted by Gasteiger charge is -2.05. The minimum Gasteiger partial charge on any atom is -1.00 e. The molecule has 1 heterocycles. The summed E-state index contributed by atoms with van der Waals surface area (Å²) in [6.07, 6.45) is 0.0660. The van der Waals surface area contributed by atoms with Crippen molar-refractivity contribution in [1.82, 2.24) is 5.32 Å². The van der Waals surface area contributed by atoms with E-state index in [1.54, 1.807) is 0 Å². The second-order valence-electron chi connectivity index (χ2n) is 2.37. The van der Waals surface area contributed by atoms with Gasteiger partial charge in [0.15, 0.2) is 0 Å². The molecule has 0 spiro atoms. The third kappa shape index (κ3) is 2.65. The molecular weight excluding hydrogens is 170 g/mol. The standard InChI is InChI=1S/C6H11NO3.ClH/c1-10-6(9)5-2-4(8)3-7-5;/h4-5,7-8H,2-3H2,1H3;1H. The number of ether oxygens (including phenoxy) is 1. The van der Waals surface area contributed by atoms with Crippen molar-refractivity contribution in [2.24, 2.45) is 0 Å². The Morgan fingerprint density at radius 3 is 2.82 bits per heavy atom. The fourth-order valence-electron chi connectivity index (χ4n) is 1.04. The number of methoxy groups -OCH3 is 1. The first-order chi connectivity index (χ1) is 4.74. The highest BCUT2D eigenvalue weighted by Gasteiger charge is 2.28. The number of esters is 1. The summed E-state index contributed by atoms with van der Waals surface area (Å²) in [5, 5.41) is 11.8. The zero-order chi connectivity index (χ0) is 7.56. The first-order valence-corrected chi connectivity index (χ1v) is 3.23. The second kappa shape index (κ2) is 4.54. The van der Waals surface area contributed by atoms with Crippen LogP contribution in [0.4, 0.5) is 0 Å². The third-order valence-corrected chi connectivity index (χ3v) is 1.59. The van der Waals surface area contributed by atoms with E-state index >= 15 is 0 Å². The molecule has 0 radical (unpaired) electrons. The first kappa shape index (κ1) is 10.7. The van der Waals surface area contributed by atoms with E-state index in [0.717, 1.165) is 0 Å². The van der Waals surface area contributed by atoms with Crippen LogP contribution < -0.4 is 17.7 Å². The lowest BCUT2D eigenvalue weighted by atomic mass is 10.2. The number of nitrogens with one attached hydrogen (secondary N) is 1. The summed E-state index contributed by atoms with van der Waals surface area (Å²) >= 11 is 0. The van der Waals surface area contributed by atoms with Crippen LogP contribution in [0.5, 0.6) is 0 Å². The number of aliphatic hydroxyl groups excluding tert-OH is 1. The molecule has 0 saturated carbocycles. The molecule has 0 aromatic rings. The Hall–Kier alpha value is -0.320. The lowest BCUT2D eigenvalue weighted by molar-refractivity contribution is -0.142. The molecule has 0 aromatic carbocycles. The predicted octanol–water partition coefficient (Wildman–Crippen LogP) is -4.00. The normalized spacial score (nSPS) is 29.3. The van der Waals surface area contributed by atoms with Crippen molar-refractivity contribution >= 4 is 5.97 Å². The van der Waals surface area contributed by atoms with Gasteiger partial charge >= 0.3 is 7.40 Å².